The highest BCUT2D eigenvalue weighted by molar-refractivity contribution is 5.91. The highest BCUT2D eigenvalue weighted by atomic mass is 16.1. The molecule has 0 saturated carbocycles. The molecule has 1 heteroatoms. The summed E-state index contributed by atoms with van der Waals surface area (Å²) in [7, 11) is 0. The van der Waals surface area contributed by atoms with Crippen molar-refractivity contribution < 1.29 is 4.79 Å². The molecule has 2 atom stereocenters. The number of benzene rings is 2. The largest absolute Gasteiger partial charge is 0.298 e. The lowest BCUT2D eigenvalue weighted by Crippen LogP contribution is -2.21. The lowest BCUT2D eigenvalue weighted by Gasteiger charge is -2.24. The van der Waals surface area contributed by atoms with E-state index in [0.717, 1.165) is 25.7 Å². The fraction of sp³-hybridized carbons (Fsp3) is 0.667. The number of carbonyl (C=O) groups excluding carboxylic acids is 1. The number of hydrogen-bond donors (Lipinski definition) is 0. The molecule has 0 aliphatic heterocycles. The summed E-state index contributed by atoms with van der Waals surface area (Å²) in [5, 5.41) is 0. The van der Waals surface area contributed by atoms with E-state index in [0.29, 0.717) is 5.78 Å². The Morgan fingerprint density at radius 2 is 0.700 bits per heavy atom. The predicted molar refractivity (Wildman–Crippen MR) is 176 cm³/mol. The highest BCUT2D eigenvalue weighted by Crippen LogP contribution is 2.34. The Morgan fingerprint density at radius 3 is 1.00 bits per heavy atom. The third-order valence-corrected chi connectivity index (χ3v) is 8.78. The topological polar surface area (TPSA) is 17.1 Å². The molecule has 0 aliphatic carbocycles. The van der Waals surface area contributed by atoms with Crippen LogP contribution in [0.4, 0.5) is 0 Å². The fourth-order valence-electron chi connectivity index (χ4n) is 6.23. The molecular weight excluding hydrogens is 484 g/mol. The maximum atomic E-state index is 14.2. The summed E-state index contributed by atoms with van der Waals surface area (Å²) >= 11 is 0. The van der Waals surface area contributed by atoms with Gasteiger partial charge in [0.1, 0.15) is 5.78 Å². The first-order valence-corrected chi connectivity index (χ1v) is 17.4. The lowest BCUT2D eigenvalue weighted by atomic mass is 9.79. The average molecular weight is 547 g/mol. The summed E-state index contributed by atoms with van der Waals surface area (Å²) < 4.78 is 0. The van der Waals surface area contributed by atoms with Crippen LogP contribution in [0.1, 0.15) is 178 Å². The Balaban J connectivity index is 1.87. The van der Waals surface area contributed by atoms with Crippen LogP contribution in [0.15, 0.2) is 60.7 Å². The van der Waals surface area contributed by atoms with E-state index in [2.05, 4.69) is 74.5 Å². The van der Waals surface area contributed by atoms with Gasteiger partial charge in [0.25, 0.3) is 0 Å². The molecule has 0 spiro atoms. The van der Waals surface area contributed by atoms with Crippen molar-refractivity contribution >= 4 is 5.78 Å². The Hall–Kier alpha value is -1.89. The van der Waals surface area contributed by atoms with Gasteiger partial charge in [-0.1, -0.05) is 203 Å². The van der Waals surface area contributed by atoms with Crippen molar-refractivity contribution in [3.8, 4) is 0 Å². The molecule has 0 amide bonds. The van der Waals surface area contributed by atoms with Crippen LogP contribution < -0.4 is 0 Å². The third-order valence-electron chi connectivity index (χ3n) is 8.78. The molecule has 0 fully saturated rings. The lowest BCUT2D eigenvalue weighted by molar-refractivity contribution is -0.122. The van der Waals surface area contributed by atoms with Crippen molar-refractivity contribution in [2.24, 2.45) is 0 Å². The Bertz CT molecular complexity index is 757. The SMILES string of the molecule is CCCCCCCCCCCCC(C(=O)C(CCCCCCCCCCCC)c1ccccc1)c1ccccc1. The zero-order chi connectivity index (χ0) is 28.5. The summed E-state index contributed by atoms with van der Waals surface area (Å²) in [5.74, 6) is 0.483. The number of unbranched alkanes of at least 4 members (excludes halogenated alkanes) is 18. The number of hydrogen-bond acceptors (Lipinski definition) is 1. The molecule has 2 rings (SSSR count). The van der Waals surface area contributed by atoms with Crippen LogP contribution in [0.3, 0.4) is 0 Å². The molecular formula is C39H62O. The molecule has 0 saturated heterocycles. The molecule has 0 bridgehead atoms. The molecule has 0 radical (unpaired) electrons. The van der Waals surface area contributed by atoms with Crippen LogP contribution >= 0.6 is 0 Å². The van der Waals surface area contributed by atoms with Crippen LogP contribution in [-0.4, -0.2) is 5.78 Å². The zero-order valence-corrected chi connectivity index (χ0v) is 26.4. The summed E-state index contributed by atoms with van der Waals surface area (Å²) in [4.78, 5) is 14.2. The molecule has 40 heavy (non-hydrogen) atoms. The number of Topliss-reactive ketones (excluding diaryl/α,β-unsaturated/α-hetero) is 1. The molecule has 224 valence electrons. The maximum absolute atomic E-state index is 14.2. The molecule has 0 N–H and O–H groups in total. The Morgan fingerprint density at radius 1 is 0.425 bits per heavy atom. The van der Waals surface area contributed by atoms with Gasteiger partial charge in [-0.2, -0.15) is 0 Å². The number of ketones is 1. The third kappa shape index (κ3) is 15.2. The van der Waals surface area contributed by atoms with Gasteiger partial charge < -0.3 is 0 Å². The van der Waals surface area contributed by atoms with Crippen molar-refractivity contribution in [2.45, 2.75) is 167 Å². The van der Waals surface area contributed by atoms with E-state index < -0.39 is 0 Å². The van der Waals surface area contributed by atoms with Crippen LogP contribution in [0.5, 0.6) is 0 Å². The van der Waals surface area contributed by atoms with Crippen molar-refractivity contribution in [3.63, 3.8) is 0 Å². The summed E-state index contributed by atoms with van der Waals surface area (Å²) in [6.45, 7) is 4.57. The summed E-state index contributed by atoms with van der Waals surface area (Å²) in [6.07, 6.45) is 28.7. The van der Waals surface area contributed by atoms with E-state index >= 15 is 0 Å². The van der Waals surface area contributed by atoms with Crippen molar-refractivity contribution in [3.05, 3.63) is 71.8 Å². The molecule has 2 aromatic rings. The first-order valence-electron chi connectivity index (χ1n) is 17.4. The highest BCUT2D eigenvalue weighted by Gasteiger charge is 2.28. The van der Waals surface area contributed by atoms with E-state index in [-0.39, 0.29) is 11.8 Å². The smallest absolute Gasteiger partial charge is 0.147 e. The minimum atomic E-state index is 0.0172. The van der Waals surface area contributed by atoms with Crippen molar-refractivity contribution in [2.75, 3.05) is 0 Å². The van der Waals surface area contributed by atoms with Gasteiger partial charge >= 0.3 is 0 Å². The van der Waals surface area contributed by atoms with E-state index in [9.17, 15) is 4.79 Å². The standard InChI is InChI=1S/C39H62O/c1-3-5-7-9-11-13-15-17-19-27-33-37(35-29-23-21-24-30-35)39(40)38(36-31-25-22-26-32-36)34-28-20-18-16-14-12-10-8-6-4-2/h21-26,29-32,37-38H,3-20,27-28,33-34H2,1-2H3. The second-order valence-corrected chi connectivity index (χ2v) is 12.3. The Kier molecular flexibility index (Phi) is 20.4. The maximum Gasteiger partial charge on any atom is 0.147 e. The second kappa shape index (κ2) is 23.8. The van der Waals surface area contributed by atoms with Crippen molar-refractivity contribution in [1.82, 2.24) is 0 Å². The van der Waals surface area contributed by atoms with Crippen LogP contribution in [-0.2, 0) is 4.79 Å². The minimum absolute atomic E-state index is 0.0172. The quantitative estimate of drug-likeness (QED) is 0.107. The molecule has 1 nitrogen and oxygen atoms in total. The van der Waals surface area contributed by atoms with E-state index in [4.69, 9.17) is 0 Å². The normalized spacial score (nSPS) is 12.8. The monoisotopic (exact) mass is 546 g/mol. The van der Waals surface area contributed by atoms with E-state index in [1.807, 2.05) is 0 Å². The molecule has 0 heterocycles. The van der Waals surface area contributed by atoms with Gasteiger partial charge in [-0.05, 0) is 24.0 Å². The molecule has 2 unspecified atom stereocenters. The Labute approximate surface area is 249 Å². The van der Waals surface area contributed by atoms with Gasteiger partial charge in [-0.25, -0.2) is 0 Å². The van der Waals surface area contributed by atoms with Crippen molar-refractivity contribution in [1.29, 1.82) is 0 Å². The molecule has 2 aromatic carbocycles. The van der Waals surface area contributed by atoms with Crippen LogP contribution in [0, 0.1) is 0 Å². The first-order chi connectivity index (χ1) is 19.8. The van der Waals surface area contributed by atoms with Crippen LogP contribution in [0.25, 0.3) is 0 Å². The molecule has 0 aliphatic rings. The summed E-state index contributed by atoms with van der Waals surface area (Å²) in [5.41, 5.74) is 2.43. The molecule has 0 aromatic heterocycles. The van der Waals surface area contributed by atoms with Gasteiger partial charge in [0.05, 0.1) is 0 Å². The van der Waals surface area contributed by atoms with Gasteiger partial charge in [0.15, 0.2) is 0 Å². The van der Waals surface area contributed by atoms with Gasteiger partial charge in [-0.15, -0.1) is 0 Å². The summed E-state index contributed by atoms with van der Waals surface area (Å²) in [6, 6.07) is 21.3. The van der Waals surface area contributed by atoms with E-state index in [1.54, 1.807) is 0 Å². The average Bonchev–Trinajstić information content (AvgIpc) is 2.99. The van der Waals surface area contributed by atoms with Crippen LogP contribution in [0.2, 0.25) is 0 Å². The predicted octanol–water partition coefficient (Wildman–Crippen LogP) is 12.7. The zero-order valence-electron chi connectivity index (χ0n) is 26.4. The van der Waals surface area contributed by atoms with Gasteiger partial charge in [-0.3, -0.25) is 4.79 Å². The van der Waals surface area contributed by atoms with E-state index in [1.165, 1.54) is 127 Å². The van der Waals surface area contributed by atoms with Gasteiger partial charge in [0.2, 0.25) is 0 Å². The first kappa shape index (κ1) is 34.3. The minimum Gasteiger partial charge on any atom is -0.298 e. The fourth-order valence-corrected chi connectivity index (χ4v) is 6.23. The van der Waals surface area contributed by atoms with Gasteiger partial charge in [0, 0.05) is 11.8 Å². The number of rotatable bonds is 26. The number of carbonyl (C=O) groups is 1. The second-order valence-electron chi connectivity index (χ2n) is 12.3.